The third-order valence-corrected chi connectivity index (χ3v) is 7.43. The SMILES string of the molecule is CCOC(=O)c1ccc(NC(=O)C(C2CCCCC2)n2c(-c3ccc(C(F)(F)F)cc3)nc3cc(F)ccc32)cc1. The molecule has 6 nitrogen and oxygen atoms in total. The smallest absolute Gasteiger partial charge is 0.416 e. The Hall–Kier alpha value is -4.21. The van der Waals surface area contributed by atoms with Crippen LogP contribution in [-0.2, 0) is 15.7 Å². The molecule has 1 amide bonds. The molecule has 0 radical (unpaired) electrons. The van der Waals surface area contributed by atoms with E-state index in [2.05, 4.69) is 10.3 Å². The highest BCUT2D eigenvalue weighted by atomic mass is 19.4. The van der Waals surface area contributed by atoms with Crippen LogP contribution in [0, 0.1) is 11.7 Å². The van der Waals surface area contributed by atoms with Crippen molar-refractivity contribution in [2.24, 2.45) is 5.92 Å². The molecule has 0 spiro atoms. The van der Waals surface area contributed by atoms with E-state index in [4.69, 9.17) is 4.74 Å². The second-order valence-electron chi connectivity index (χ2n) is 10.1. The van der Waals surface area contributed by atoms with Crippen molar-refractivity contribution < 1.29 is 31.9 Å². The summed E-state index contributed by atoms with van der Waals surface area (Å²) in [4.78, 5) is 30.7. The van der Waals surface area contributed by atoms with Gasteiger partial charge < -0.3 is 14.6 Å². The Morgan fingerprint density at radius 1 is 1.00 bits per heavy atom. The van der Waals surface area contributed by atoms with E-state index in [1.54, 1.807) is 41.8 Å². The molecular formula is C31H29F4N3O3. The number of ether oxygens (including phenoxy) is 1. The van der Waals surface area contributed by atoms with Crippen molar-refractivity contribution in [3.8, 4) is 11.4 Å². The topological polar surface area (TPSA) is 73.2 Å². The van der Waals surface area contributed by atoms with E-state index in [1.165, 1.54) is 24.3 Å². The van der Waals surface area contributed by atoms with Crippen LogP contribution in [0.4, 0.5) is 23.2 Å². The van der Waals surface area contributed by atoms with Crippen LogP contribution in [0.3, 0.4) is 0 Å². The zero-order valence-corrected chi connectivity index (χ0v) is 22.4. The molecule has 5 rings (SSSR count). The summed E-state index contributed by atoms with van der Waals surface area (Å²) in [6.07, 6.45) is -0.0591. The van der Waals surface area contributed by atoms with Crippen molar-refractivity contribution in [2.45, 2.75) is 51.2 Å². The van der Waals surface area contributed by atoms with Crippen LogP contribution in [0.15, 0.2) is 66.7 Å². The molecule has 1 atom stereocenters. The highest BCUT2D eigenvalue weighted by Gasteiger charge is 2.35. The molecule has 1 aliphatic rings. The molecular weight excluding hydrogens is 538 g/mol. The lowest BCUT2D eigenvalue weighted by molar-refractivity contribution is -0.137. The number of rotatable bonds is 7. The van der Waals surface area contributed by atoms with Gasteiger partial charge in [0.05, 0.1) is 28.8 Å². The number of halogens is 4. The van der Waals surface area contributed by atoms with Gasteiger partial charge in [0, 0.05) is 17.3 Å². The first-order valence-electron chi connectivity index (χ1n) is 13.6. The van der Waals surface area contributed by atoms with E-state index >= 15 is 0 Å². The number of alkyl halides is 3. The molecule has 0 aliphatic heterocycles. The average molecular weight is 568 g/mol. The first-order valence-corrected chi connectivity index (χ1v) is 13.6. The molecule has 0 bridgehead atoms. The molecule has 1 aliphatic carbocycles. The minimum atomic E-state index is -4.50. The zero-order chi connectivity index (χ0) is 29.1. The lowest BCUT2D eigenvalue weighted by Gasteiger charge is -2.32. The molecule has 1 unspecified atom stereocenters. The average Bonchev–Trinajstić information content (AvgIpc) is 3.32. The number of amides is 1. The minimum absolute atomic E-state index is 0.0850. The summed E-state index contributed by atoms with van der Waals surface area (Å²) < 4.78 is 60.8. The minimum Gasteiger partial charge on any atom is -0.462 e. The standard InChI is InChI=1S/C31H29F4N3O3/c1-2-41-30(40)21-10-15-24(16-11-21)36-29(39)27(19-6-4-3-5-7-19)38-26-17-14-23(32)18-25(26)37-28(38)20-8-12-22(13-9-20)31(33,34)35/h8-19,27H,2-7H2,1H3,(H,36,39). The van der Waals surface area contributed by atoms with E-state index in [0.717, 1.165) is 44.2 Å². The summed E-state index contributed by atoms with van der Waals surface area (Å²) in [6, 6.07) is 14.2. The summed E-state index contributed by atoms with van der Waals surface area (Å²) in [5.74, 6) is -1.12. The number of carbonyl (C=O) groups excluding carboxylic acids is 2. The summed E-state index contributed by atoms with van der Waals surface area (Å²) in [5.41, 5.74) is 1.19. The molecule has 1 aromatic heterocycles. The predicted octanol–water partition coefficient (Wildman–Crippen LogP) is 7.80. The lowest BCUT2D eigenvalue weighted by Crippen LogP contribution is -2.33. The third kappa shape index (κ3) is 6.11. The van der Waals surface area contributed by atoms with Gasteiger partial charge in [-0.25, -0.2) is 14.2 Å². The molecule has 1 N–H and O–H groups in total. The summed E-state index contributed by atoms with van der Waals surface area (Å²) >= 11 is 0. The monoisotopic (exact) mass is 567 g/mol. The van der Waals surface area contributed by atoms with Gasteiger partial charge in [-0.15, -0.1) is 0 Å². The molecule has 10 heteroatoms. The Morgan fingerprint density at radius 2 is 1.68 bits per heavy atom. The number of esters is 1. The van der Waals surface area contributed by atoms with Crippen molar-refractivity contribution >= 4 is 28.6 Å². The van der Waals surface area contributed by atoms with Crippen LogP contribution in [0.25, 0.3) is 22.4 Å². The van der Waals surface area contributed by atoms with Gasteiger partial charge in [0.1, 0.15) is 17.7 Å². The fraction of sp³-hybridized carbons (Fsp3) is 0.323. The Kier molecular flexibility index (Phi) is 8.10. The quantitative estimate of drug-likeness (QED) is 0.183. The van der Waals surface area contributed by atoms with Crippen molar-refractivity contribution in [3.63, 3.8) is 0 Å². The Bertz CT molecular complexity index is 1540. The third-order valence-electron chi connectivity index (χ3n) is 7.43. The fourth-order valence-electron chi connectivity index (χ4n) is 5.48. The lowest BCUT2D eigenvalue weighted by atomic mass is 9.83. The molecule has 3 aromatic carbocycles. The number of carbonyl (C=O) groups is 2. The maximum Gasteiger partial charge on any atom is 0.416 e. The first-order chi connectivity index (χ1) is 19.7. The van der Waals surface area contributed by atoms with Crippen LogP contribution in [0.2, 0.25) is 0 Å². The van der Waals surface area contributed by atoms with Crippen LogP contribution < -0.4 is 5.32 Å². The second-order valence-corrected chi connectivity index (χ2v) is 10.1. The Morgan fingerprint density at radius 3 is 2.32 bits per heavy atom. The maximum atomic E-state index is 14.2. The van der Waals surface area contributed by atoms with Gasteiger partial charge in [-0.05, 0) is 74.2 Å². The molecule has 1 saturated carbocycles. The van der Waals surface area contributed by atoms with Crippen LogP contribution in [-0.4, -0.2) is 28.0 Å². The van der Waals surface area contributed by atoms with Crippen molar-refractivity contribution in [3.05, 3.63) is 83.7 Å². The number of aromatic nitrogens is 2. The van der Waals surface area contributed by atoms with E-state index in [-0.39, 0.29) is 24.3 Å². The van der Waals surface area contributed by atoms with E-state index in [9.17, 15) is 27.2 Å². The number of benzene rings is 3. The van der Waals surface area contributed by atoms with E-state index in [1.807, 2.05) is 0 Å². The highest BCUT2D eigenvalue weighted by Crippen LogP contribution is 2.39. The van der Waals surface area contributed by atoms with Gasteiger partial charge in [-0.3, -0.25) is 4.79 Å². The molecule has 4 aromatic rings. The van der Waals surface area contributed by atoms with Gasteiger partial charge in [0.2, 0.25) is 5.91 Å². The summed E-state index contributed by atoms with van der Waals surface area (Å²) in [7, 11) is 0. The second kappa shape index (κ2) is 11.7. The number of fused-ring (bicyclic) bond motifs is 1. The number of hydrogen-bond acceptors (Lipinski definition) is 4. The molecule has 41 heavy (non-hydrogen) atoms. The van der Waals surface area contributed by atoms with Gasteiger partial charge >= 0.3 is 12.1 Å². The number of hydrogen-bond donors (Lipinski definition) is 1. The fourth-order valence-corrected chi connectivity index (χ4v) is 5.48. The molecule has 214 valence electrons. The molecule has 0 saturated heterocycles. The predicted molar refractivity (Wildman–Crippen MR) is 147 cm³/mol. The summed E-state index contributed by atoms with van der Waals surface area (Å²) in [5, 5.41) is 2.95. The number of nitrogens with one attached hydrogen (secondary N) is 1. The highest BCUT2D eigenvalue weighted by molar-refractivity contribution is 5.97. The van der Waals surface area contributed by atoms with Crippen molar-refractivity contribution in [2.75, 3.05) is 11.9 Å². The number of imidazole rings is 1. The maximum absolute atomic E-state index is 14.2. The molecule has 1 fully saturated rings. The van der Waals surface area contributed by atoms with Crippen LogP contribution in [0.1, 0.15) is 61.0 Å². The number of nitrogens with zero attached hydrogens (tertiary/aromatic N) is 2. The molecule has 1 heterocycles. The summed E-state index contributed by atoms with van der Waals surface area (Å²) in [6.45, 7) is 1.95. The van der Waals surface area contributed by atoms with E-state index < -0.39 is 29.6 Å². The van der Waals surface area contributed by atoms with Crippen LogP contribution in [0.5, 0.6) is 0 Å². The van der Waals surface area contributed by atoms with Crippen molar-refractivity contribution in [1.82, 2.24) is 9.55 Å². The van der Waals surface area contributed by atoms with Gasteiger partial charge in [0.25, 0.3) is 0 Å². The zero-order valence-electron chi connectivity index (χ0n) is 22.4. The van der Waals surface area contributed by atoms with Crippen molar-refractivity contribution in [1.29, 1.82) is 0 Å². The van der Waals surface area contributed by atoms with Crippen LogP contribution >= 0.6 is 0 Å². The van der Waals surface area contributed by atoms with Gasteiger partial charge in [0.15, 0.2) is 0 Å². The Labute approximate surface area is 234 Å². The van der Waals surface area contributed by atoms with Gasteiger partial charge in [-0.2, -0.15) is 13.2 Å². The Balaban J connectivity index is 1.58. The largest absolute Gasteiger partial charge is 0.462 e. The van der Waals surface area contributed by atoms with E-state index in [0.29, 0.717) is 27.8 Å². The normalized spacial score (nSPS) is 15.0. The number of anilines is 1. The first kappa shape index (κ1) is 28.3. The van der Waals surface area contributed by atoms with Gasteiger partial charge in [-0.1, -0.05) is 31.4 Å².